The lowest BCUT2D eigenvalue weighted by atomic mass is 10.1. The number of ether oxygens (including phenoxy) is 1. The number of hydrogen-bond donors (Lipinski definition) is 0. The summed E-state index contributed by atoms with van der Waals surface area (Å²) in [7, 11) is 0. The fourth-order valence-corrected chi connectivity index (χ4v) is 3.18. The molecule has 0 saturated carbocycles. The van der Waals surface area contributed by atoms with Gasteiger partial charge in [-0.1, -0.05) is 32.0 Å². The van der Waals surface area contributed by atoms with Crippen molar-refractivity contribution in [3.8, 4) is 0 Å². The summed E-state index contributed by atoms with van der Waals surface area (Å²) in [6.07, 6.45) is 0. The zero-order chi connectivity index (χ0) is 13.0. The Labute approximate surface area is 113 Å². The highest BCUT2D eigenvalue weighted by molar-refractivity contribution is 7.99. The quantitative estimate of drug-likeness (QED) is 0.740. The molecule has 0 aromatic heterocycles. The number of carbonyl (C=O) groups excluding carboxylic acids is 1. The average Bonchev–Trinajstić information content (AvgIpc) is 2.72. The van der Waals surface area contributed by atoms with Crippen molar-refractivity contribution in [3.05, 3.63) is 35.4 Å². The number of rotatable bonds is 6. The fraction of sp³-hybridized carbons (Fsp3) is 0.500. The third-order valence-electron chi connectivity index (χ3n) is 3.22. The molecule has 18 heavy (non-hydrogen) atoms. The molecule has 0 unspecified atom stereocenters. The molecule has 0 bridgehead atoms. The van der Waals surface area contributed by atoms with Crippen molar-refractivity contribution in [2.75, 3.05) is 25.4 Å². The molecule has 1 aliphatic heterocycles. The third-order valence-corrected chi connectivity index (χ3v) is 4.29. The highest BCUT2D eigenvalue weighted by Gasteiger charge is 2.30. The van der Waals surface area contributed by atoms with Gasteiger partial charge in [0.1, 0.15) is 0 Å². The molecule has 0 saturated heterocycles. The average molecular weight is 265 g/mol. The van der Waals surface area contributed by atoms with E-state index in [0.717, 1.165) is 36.5 Å². The molecule has 1 atom stereocenters. The van der Waals surface area contributed by atoms with Gasteiger partial charge in [-0.15, -0.1) is 11.8 Å². The Hall–Kier alpha value is -1.00. The molecule has 98 valence electrons. The number of thioether (sulfide) groups is 1. The Morgan fingerprint density at radius 3 is 2.72 bits per heavy atom. The summed E-state index contributed by atoms with van der Waals surface area (Å²) in [6, 6.07) is 7.65. The molecule has 1 aromatic carbocycles. The maximum atomic E-state index is 11.6. The Morgan fingerprint density at radius 2 is 2.00 bits per heavy atom. The molecule has 1 heterocycles. The maximum absolute atomic E-state index is 11.6. The van der Waals surface area contributed by atoms with E-state index < -0.39 is 0 Å². The highest BCUT2D eigenvalue weighted by atomic mass is 32.2. The topological polar surface area (TPSA) is 29.5 Å². The predicted octanol–water partition coefficient (Wildman–Crippen LogP) is 2.93. The van der Waals surface area contributed by atoms with Crippen LogP contribution in [0, 0.1) is 0 Å². The van der Waals surface area contributed by atoms with Crippen LogP contribution in [0.4, 0.5) is 0 Å². The lowest BCUT2D eigenvalue weighted by Crippen LogP contribution is -2.25. The second-order valence-electron chi connectivity index (χ2n) is 4.22. The van der Waals surface area contributed by atoms with Crippen LogP contribution in [0.5, 0.6) is 0 Å². The number of cyclic esters (lactones) is 1. The van der Waals surface area contributed by atoms with Crippen LogP contribution in [0.25, 0.3) is 0 Å². The van der Waals surface area contributed by atoms with Gasteiger partial charge in [-0.3, -0.25) is 0 Å². The van der Waals surface area contributed by atoms with Gasteiger partial charge < -0.3 is 9.64 Å². The highest BCUT2D eigenvalue weighted by Crippen LogP contribution is 2.38. The smallest absolute Gasteiger partial charge is 0.340 e. The number of esters is 1. The van der Waals surface area contributed by atoms with E-state index >= 15 is 0 Å². The first-order chi connectivity index (χ1) is 8.76. The fourth-order valence-electron chi connectivity index (χ4n) is 2.07. The number of benzene rings is 1. The summed E-state index contributed by atoms with van der Waals surface area (Å²) >= 11 is 1.70. The minimum atomic E-state index is -0.189. The minimum absolute atomic E-state index is 0.121. The second kappa shape index (κ2) is 6.25. The van der Waals surface area contributed by atoms with E-state index in [1.165, 1.54) is 0 Å². The van der Waals surface area contributed by atoms with E-state index in [1.54, 1.807) is 11.8 Å². The molecule has 4 heteroatoms. The van der Waals surface area contributed by atoms with E-state index in [4.69, 9.17) is 4.74 Å². The Morgan fingerprint density at radius 1 is 1.28 bits per heavy atom. The van der Waals surface area contributed by atoms with Crippen LogP contribution in [-0.4, -0.2) is 36.3 Å². The van der Waals surface area contributed by atoms with E-state index in [-0.39, 0.29) is 11.4 Å². The van der Waals surface area contributed by atoms with Crippen LogP contribution in [-0.2, 0) is 4.74 Å². The van der Waals surface area contributed by atoms with Crippen LogP contribution in [0.2, 0.25) is 0 Å². The van der Waals surface area contributed by atoms with E-state index in [1.807, 2.05) is 24.3 Å². The Bertz CT molecular complexity index is 418. The first-order valence-corrected chi connectivity index (χ1v) is 7.45. The number of fused-ring (bicyclic) bond motifs is 1. The molecule has 0 aliphatic carbocycles. The summed E-state index contributed by atoms with van der Waals surface area (Å²) in [4.78, 5) is 14.0. The van der Waals surface area contributed by atoms with Crippen molar-refractivity contribution in [2.24, 2.45) is 0 Å². The van der Waals surface area contributed by atoms with Gasteiger partial charge in [0.25, 0.3) is 0 Å². The lowest BCUT2D eigenvalue weighted by molar-refractivity contribution is 0.0522. The number of nitrogens with zero attached hydrogens (tertiary/aromatic N) is 1. The van der Waals surface area contributed by atoms with Crippen molar-refractivity contribution in [3.63, 3.8) is 0 Å². The lowest BCUT2D eigenvalue weighted by Gasteiger charge is -2.18. The van der Waals surface area contributed by atoms with Crippen molar-refractivity contribution in [2.45, 2.75) is 19.3 Å². The molecule has 0 amide bonds. The molecule has 0 fully saturated rings. The molecule has 1 aliphatic rings. The summed E-state index contributed by atoms with van der Waals surface area (Å²) in [5.74, 6) is 0.791. The van der Waals surface area contributed by atoms with Crippen LogP contribution in [0.3, 0.4) is 0 Å². The van der Waals surface area contributed by atoms with Gasteiger partial charge >= 0.3 is 5.97 Å². The summed E-state index contributed by atoms with van der Waals surface area (Å²) < 4.78 is 5.39. The van der Waals surface area contributed by atoms with Gasteiger partial charge in [0, 0.05) is 17.9 Å². The largest absolute Gasteiger partial charge is 0.443 e. The van der Waals surface area contributed by atoms with E-state index in [0.29, 0.717) is 0 Å². The predicted molar refractivity (Wildman–Crippen MR) is 74.8 cm³/mol. The van der Waals surface area contributed by atoms with Gasteiger partial charge in [0.2, 0.25) is 0 Å². The molecular weight excluding hydrogens is 246 g/mol. The van der Waals surface area contributed by atoms with E-state index in [2.05, 4.69) is 18.7 Å². The Balaban J connectivity index is 1.90. The normalized spacial score (nSPS) is 17.9. The van der Waals surface area contributed by atoms with Gasteiger partial charge in [-0.2, -0.15) is 0 Å². The standard InChI is InChI=1S/C14H19NO2S/c1-3-15(4-2)9-10-18-14-12-8-6-5-7-11(12)13(16)17-14/h5-8,14H,3-4,9-10H2,1-2H3/t14-/m1/s1. The number of hydrogen-bond acceptors (Lipinski definition) is 4. The van der Waals surface area contributed by atoms with Crippen LogP contribution >= 0.6 is 11.8 Å². The molecule has 1 aromatic rings. The molecular formula is C14H19NO2S. The van der Waals surface area contributed by atoms with Crippen LogP contribution in [0.1, 0.15) is 35.2 Å². The summed E-state index contributed by atoms with van der Waals surface area (Å²) in [5, 5.41) is 0. The zero-order valence-electron chi connectivity index (χ0n) is 10.9. The van der Waals surface area contributed by atoms with Gasteiger partial charge in [0.15, 0.2) is 5.44 Å². The SMILES string of the molecule is CCN(CC)CCS[C@H]1OC(=O)c2ccccc21. The molecule has 0 radical (unpaired) electrons. The molecule has 2 rings (SSSR count). The third kappa shape index (κ3) is 2.87. The Kier molecular flexibility index (Phi) is 4.66. The van der Waals surface area contributed by atoms with Crippen molar-refractivity contribution in [1.82, 2.24) is 4.90 Å². The van der Waals surface area contributed by atoms with Gasteiger partial charge in [0.05, 0.1) is 5.56 Å². The monoisotopic (exact) mass is 265 g/mol. The molecule has 0 N–H and O–H groups in total. The zero-order valence-corrected chi connectivity index (χ0v) is 11.7. The number of carbonyl (C=O) groups is 1. The summed E-state index contributed by atoms with van der Waals surface area (Å²) in [6.45, 7) is 7.50. The van der Waals surface area contributed by atoms with Crippen LogP contribution in [0.15, 0.2) is 24.3 Å². The first-order valence-electron chi connectivity index (χ1n) is 6.40. The summed E-state index contributed by atoms with van der Waals surface area (Å²) in [5.41, 5.74) is 1.62. The second-order valence-corrected chi connectivity index (χ2v) is 5.39. The van der Waals surface area contributed by atoms with Crippen molar-refractivity contribution < 1.29 is 9.53 Å². The maximum Gasteiger partial charge on any atom is 0.340 e. The van der Waals surface area contributed by atoms with Gasteiger partial charge in [-0.05, 0) is 19.2 Å². The van der Waals surface area contributed by atoms with E-state index in [9.17, 15) is 4.79 Å². The van der Waals surface area contributed by atoms with Crippen molar-refractivity contribution >= 4 is 17.7 Å². The van der Waals surface area contributed by atoms with Gasteiger partial charge in [-0.25, -0.2) is 4.79 Å². The minimum Gasteiger partial charge on any atom is -0.443 e. The first kappa shape index (κ1) is 13.4. The van der Waals surface area contributed by atoms with Crippen molar-refractivity contribution in [1.29, 1.82) is 0 Å². The molecule has 0 spiro atoms. The molecule has 3 nitrogen and oxygen atoms in total. The van der Waals surface area contributed by atoms with Crippen LogP contribution < -0.4 is 0 Å².